The van der Waals surface area contributed by atoms with Gasteiger partial charge in [-0.2, -0.15) is 11.8 Å². The third-order valence-electron chi connectivity index (χ3n) is 14.5. The van der Waals surface area contributed by atoms with Gasteiger partial charge in [0.1, 0.15) is 22.0 Å². The van der Waals surface area contributed by atoms with E-state index in [1.807, 2.05) is 12.1 Å². The maximum atomic E-state index is 14.0. The average Bonchev–Trinajstić information content (AvgIpc) is 3.76. The largest absolute Gasteiger partial charge is 0.455 e. The van der Waals surface area contributed by atoms with Gasteiger partial charge < -0.3 is 19.9 Å². The van der Waals surface area contributed by atoms with Gasteiger partial charge in [0, 0.05) is 79.2 Å². The molecular formula is C49H60N8O6S2. The third-order valence-corrected chi connectivity index (χ3v) is 16.9. The second kappa shape index (κ2) is 18.2. The number of ether oxygens (including phenoxy) is 1. The van der Waals surface area contributed by atoms with Crippen molar-refractivity contribution in [2.75, 3.05) is 47.9 Å². The van der Waals surface area contributed by atoms with Crippen molar-refractivity contribution >= 4 is 55.9 Å². The number of pyridine rings is 2. The Balaban J connectivity index is 0.898. The summed E-state index contributed by atoms with van der Waals surface area (Å²) >= 11 is 2.07. The second-order valence-electron chi connectivity index (χ2n) is 19.7. The van der Waals surface area contributed by atoms with Gasteiger partial charge in [-0.25, -0.2) is 23.1 Å². The van der Waals surface area contributed by atoms with Crippen LogP contribution in [0.1, 0.15) is 113 Å². The summed E-state index contributed by atoms with van der Waals surface area (Å²) < 4.78 is 36.0. The molecule has 0 radical (unpaired) electrons. The van der Waals surface area contributed by atoms with Gasteiger partial charge >= 0.3 is 5.69 Å². The Morgan fingerprint density at radius 2 is 1.77 bits per heavy atom. The molecule has 3 aromatic heterocycles. The van der Waals surface area contributed by atoms with Gasteiger partial charge in [-0.15, -0.1) is 0 Å². The number of nitrogens with zero attached hydrogens (tertiary/aromatic N) is 5. The van der Waals surface area contributed by atoms with E-state index in [-0.39, 0.29) is 22.5 Å². The fourth-order valence-corrected chi connectivity index (χ4v) is 12.6. The zero-order valence-electron chi connectivity index (χ0n) is 37.7. The van der Waals surface area contributed by atoms with Crippen molar-refractivity contribution in [1.29, 1.82) is 0 Å². The topological polar surface area (TPSA) is 176 Å². The number of amides is 1. The summed E-state index contributed by atoms with van der Waals surface area (Å²) in [7, 11) is -4.60. The van der Waals surface area contributed by atoms with E-state index in [4.69, 9.17) is 4.74 Å². The Morgan fingerprint density at radius 1 is 1.00 bits per heavy atom. The lowest BCUT2D eigenvalue weighted by Gasteiger charge is -2.57. The van der Waals surface area contributed by atoms with Crippen LogP contribution < -0.4 is 19.7 Å². The van der Waals surface area contributed by atoms with Gasteiger partial charge in [0.15, 0.2) is 0 Å². The molecule has 2 saturated carbocycles. The van der Waals surface area contributed by atoms with E-state index >= 15 is 0 Å². The van der Waals surface area contributed by atoms with Gasteiger partial charge in [-0.05, 0) is 109 Å². The van der Waals surface area contributed by atoms with E-state index in [0.29, 0.717) is 47.3 Å². The van der Waals surface area contributed by atoms with Crippen molar-refractivity contribution < 1.29 is 22.9 Å². The molecule has 14 nitrogen and oxygen atoms in total. The number of piperidine rings is 1. The molecule has 344 valence electrons. The van der Waals surface area contributed by atoms with Crippen LogP contribution >= 0.6 is 11.8 Å². The number of carbonyl (C=O) groups excluding carboxylic acids is 1. The smallest absolute Gasteiger partial charge is 0.312 e. The number of nitrogens with one attached hydrogen (secondary N) is 3. The highest BCUT2D eigenvalue weighted by Gasteiger charge is 2.49. The highest BCUT2D eigenvalue weighted by Crippen LogP contribution is 2.54. The van der Waals surface area contributed by atoms with Crippen molar-refractivity contribution in [3.8, 4) is 11.5 Å². The fraction of sp³-hybridized carbons (Fsp3) is 0.490. The van der Waals surface area contributed by atoms with E-state index in [1.165, 1.54) is 29.7 Å². The Hall–Kier alpha value is -5.19. The minimum Gasteiger partial charge on any atom is -0.455 e. The van der Waals surface area contributed by atoms with E-state index in [2.05, 4.69) is 98.5 Å². The van der Waals surface area contributed by atoms with Gasteiger partial charge in [-0.1, -0.05) is 52.0 Å². The first-order valence-corrected chi connectivity index (χ1v) is 25.7. The van der Waals surface area contributed by atoms with Crippen LogP contribution in [0.15, 0.2) is 84.1 Å². The molecule has 2 saturated heterocycles. The van der Waals surface area contributed by atoms with Crippen LogP contribution in [-0.4, -0.2) is 82.8 Å². The number of carbonyl (C=O) groups is 1. The molecule has 3 N–H and O–H groups in total. The Morgan fingerprint density at radius 3 is 2.52 bits per heavy atom. The maximum absolute atomic E-state index is 14.0. The molecule has 1 atom stereocenters. The van der Waals surface area contributed by atoms with Crippen LogP contribution in [0.5, 0.6) is 11.5 Å². The molecule has 16 heteroatoms. The lowest BCUT2D eigenvalue weighted by Crippen LogP contribution is -2.57. The van der Waals surface area contributed by atoms with Crippen LogP contribution in [0.3, 0.4) is 0 Å². The normalized spacial score (nSPS) is 20.4. The molecule has 0 unspecified atom stereocenters. The zero-order chi connectivity index (χ0) is 45.5. The van der Waals surface area contributed by atoms with Crippen molar-refractivity contribution in [2.45, 2.75) is 102 Å². The number of aromatic amines is 1. The molecular weight excluding hydrogens is 861 g/mol. The van der Waals surface area contributed by atoms with Gasteiger partial charge in [0.05, 0.1) is 22.9 Å². The Bertz CT molecular complexity index is 2660. The number of sulfonamides is 1. The number of rotatable bonds is 13. The monoisotopic (exact) mass is 920 g/mol. The molecule has 9 rings (SSSR count). The summed E-state index contributed by atoms with van der Waals surface area (Å²) in [5.74, 6) is 2.67. The zero-order valence-corrected chi connectivity index (χ0v) is 39.3. The number of hydrogen-bond donors (Lipinski definition) is 3. The molecule has 2 aliphatic carbocycles. The maximum Gasteiger partial charge on any atom is 0.312 e. The first-order valence-electron chi connectivity index (χ1n) is 23.0. The van der Waals surface area contributed by atoms with E-state index < -0.39 is 31.4 Å². The minimum absolute atomic E-state index is 0.0109. The van der Waals surface area contributed by atoms with Crippen molar-refractivity contribution in [3.05, 3.63) is 106 Å². The highest BCUT2D eigenvalue weighted by atomic mass is 32.2. The van der Waals surface area contributed by atoms with Crippen molar-refractivity contribution in [3.63, 3.8) is 0 Å². The van der Waals surface area contributed by atoms with Crippen LogP contribution in [0.4, 0.5) is 17.2 Å². The average molecular weight is 921 g/mol. The predicted molar refractivity (Wildman–Crippen MR) is 257 cm³/mol. The van der Waals surface area contributed by atoms with E-state index in [0.717, 1.165) is 87.2 Å². The number of hydrogen-bond acceptors (Lipinski definition) is 12. The van der Waals surface area contributed by atoms with Crippen LogP contribution in [0.25, 0.3) is 11.0 Å². The number of H-pyrrole nitrogens is 1. The number of thioether (sulfide) groups is 1. The Kier molecular flexibility index (Phi) is 12.6. The van der Waals surface area contributed by atoms with Crippen molar-refractivity contribution in [1.82, 2.24) is 24.6 Å². The summed E-state index contributed by atoms with van der Waals surface area (Å²) in [4.78, 5) is 41.8. The van der Waals surface area contributed by atoms with Crippen LogP contribution in [0.2, 0.25) is 0 Å². The summed E-state index contributed by atoms with van der Waals surface area (Å²) in [5, 5.41) is 16.1. The highest BCUT2D eigenvalue weighted by molar-refractivity contribution is 7.99. The van der Waals surface area contributed by atoms with Gasteiger partial charge in [0.2, 0.25) is 5.82 Å². The number of fused-ring (bicyclic) bond motifs is 1. The van der Waals surface area contributed by atoms with Crippen LogP contribution in [-0.2, 0) is 10.0 Å². The van der Waals surface area contributed by atoms with E-state index in [9.17, 15) is 23.3 Å². The molecule has 2 aromatic carbocycles. The minimum atomic E-state index is -4.60. The Labute approximate surface area is 385 Å². The number of benzene rings is 2. The number of nitro groups is 1. The molecule has 65 heavy (non-hydrogen) atoms. The second-order valence-corrected chi connectivity index (χ2v) is 22.6. The molecule has 1 amide bonds. The predicted octanol–water partition coefficient (Wildman–Crippen LogP) is 10.1. The lowest BCUT2D eigenvalue weighted by atomic mass is 9.59. The standard InChI is InChI=1S/C49H60N8O6S2/c1-32(2)39-7-5-6-8-40(39)43-31-64-22-21-56(43)36-26-49(27-36)16-19-55(20-17-49)35-9-10-41(44(24-35)63-37-23-34-13-18-50-45(34)52-29-37)47(58)54-65(61,62)38-25-42(57(59)60)46(53-30-38)51-28-33-11-14-48(3,4)15-12-33/h5-10,13,18,23-25,29-30,32-33,36,43H,11-12,14-17,19-22,26-28,31H2,1-4H3,(H,50,52)(H,51,53)(H,54,58)/t43-/m0/s1. The lowest BCUT2D eigenvalue weighted by molar-refractivity contribution is -0.384. The molecule has 2 aliphatic heterocycles. The molecule has 0 bridgehead atoms. The molecule has 5 heterocycles. The molecule has 4 fully saturated rings. The van der Waals surface area contributed by atoms with Crippen LogP contribution in [0, 0.1) is 26.9 Å². The number of anilines is 2. The first kappa shape index (κ1) is 45.0. The molecule has 1 spiro atoms. The summed E-state index contributed by atoms with van der Waals surface area (Å²) in [5.41, 5.74) is 4.54. The quantitative estimate of drug-likeness (QED) is 0.0754. The SMILES string of the molecule is CC(C)c1ccccc1[C@@H]1CSCCN1C1CC2(CCN(c3ccc(C(=O)NS(=O)(=O)c4cnc(NCC5CCC(C)(C)CC5)c([N+](=O)[O-])c4)c(Oc4cnc5[nH]ccc5c4)c3)CC2)C1. The summed E-state index contributed by atoms with van der Waals surface area (Å²) in [6.07, 6.45) is 13.0. The molecule has 4 aliphatic rings. The first-order chi connectivity index (χ1) is 31.2. The summed E-state index contributed by atoms with van der Waals surface area (Å²) in [6, 6.07) is 19.8. The third kappa shape index (κ3) is 9.71. The fourth-order valence-electron chi connectivity index (χ4n) is 10.6. The summed E-state index contributed by atoms with van der Waals surface area (Å²) in [6.45, 7) is 12.4. The molecule has 5 aromatic rings. The van der Waals surface area contributed by atoms with E-state index in [1.54, 1.807) is 30.6 Å². The van der Waals surface area contributed by atoms with Gasteiger partial charge in [0.25, 0.3) is 15.9 Å². The van der Waals surface area contributed by atoms with Crippen molar-refractivity contribution in [2.24, 2.45) is 16.7 Å². The number of aromatic nitrogens is 3. The van der Waals surface area contributed by atoms with Gasteiger partial charge in [-0.3, -0.25) is 19.8 Å².